The van der Waals surface area contributed by atoms with Crippen molar-refractivity contribution in [2.45, 2.75) is 52.7 Å². The molecule has 1 radical (unpaired) electrons. The number of rotatable bonds is 6. The zero-order valence-electron chi connectivity index (χ0n) is 13.0. The van der Waals surface area contributed by atoms with E-state index in [1.54, 1.807) is 41.5 Å². The van der Waals surface area contributed by atoms with Crippen LogP contribution in [-0.4, -0.2) is 30.6 Å². The predicted octanol–water partition coefficient (Wildman–Crippen LogP) is 3.26. The van der Waals surface area contributed by atoms with Crippen molar-refractivity contribution >= 4 is 13.9 Å². The Bertz CT molecular complexity index is 338. The van der Waals surface area contributed by atoms with Gasteiger partial charge >= 0.3 is 13.9 Å². The summed E-state index contributed by atoms with van der Waals surface area (Å²) < 4.78 is 32.8. The summed E-state index contributed by atoms with van der Waals surface area (Å²) in [6, 6.07) is 0. The van der Waals surface area contributed by atoms with Crippen LogP contribution in [0.5, 0.6) is 0 Å². The average molecular weight is 310 g/mol. The van der Waals surface area contributed by atoms with Gasteiger partial charge in [0.05, 0.1) is 11.2 Å². The largest absolute Gasteiger partial charge is 0.478 e. The fraction of sp³-hybridized carbons (Fsp3) is 0.833. The molecule has 0 rings (SSSR count). The highest BCUT2D eigenvalue weighted by Crippen LogP contribution is 2.55. The minimum Gasteiger partial charge on any atom is -0.422 e. The van der Waals surface area contributed by atoms with Gasteiger partial charge in [-0.3, -0.25) is 9.05 Å². The van der Waals surface area contributed by atoms with Crippen LogP contribution < -0.4 is 5.32 Å². The summed E-state index contributed by atoms with van der Waals surface area (Å²) in [5.41, 5.74) is -1.48. The maximum absolute atomic E-state index is 12.5. The lowest BCUT2D eigenvalue weighted by atomic mass is 10.2. The maximum atomic E-state index is 12.5. The van der Waals surface area contributed by atoms with Crippen LogP contribution in [0.15, 0.2) is 0 Å². The molecule has 0 bridgehead atoms. The summed E-state index contributed by atoms with van der Waals surface area (Å²) in [5.74, 6) is 0. The van der Waals surface area contributed by atoms with Gasteiger partial charge in [0, 0.05) is 6.54 Å². The monoisotopic (exact) mass is 310 g/mol. The lowest BCUT2D eigenvalue weighted by molar-refractivity contribution is -0.0284. The van der Waals surface area contributed by atoms with Gasteiger partial charge in [-0.05, 0) is 48.5 Å². The maximum Gasteiger partial charge on any atom is 0.478 e. The molecule has 0 aliphatic rings. The van der Waals surface area contributed by atoms with E-state index >= 15 is 0 Å². The van der Waals surface area contributed by atoms with Crippen LogP contribution in [0.3, 0.4) is 0 Å². The van der Waals surface area contributed by atoms with Crippen molar-refractivity contribution in [3.63, 3.8) is 0 Å². The van der Waals surface area contributed by atoms with Gasteiger partial charge in [-0.15, -0.1) is 0 Å². The number of nitrogens with one attached hydrogen (secondary N) is 1. The molecule has 119 valence electrons. The number of alkyl carbamates (subject to hydrolysis) is 1. The van der Waals surface area contributed by atoms with E-state index in [9.17, 15) is 9.36 Å². The van der Waals surface area contributed by atoms with Crippen LogP contribution in [0.25, 0.3) is 0 Å². The number of hydrogen-bond donors (Lipinski definition) is 1. The summed E-state index contributed by atoms with van der Waals surface area (Å²) in [5, 5.41) is 2.30. The molecule has 0 heterocycles. The zero-order chi connectivity index (χ0) is 16.0. The third-order valence-corrected chi connectivity index (χ3v) is 3.41. The van der Waals surface area contributed by atoms with Crippen LogP contribution in [0.2, 0.25) is 0 Å². The Morgan fingerprint density at radius 3 is 1.90 bits per heavy atom. The van der Waals surface area contributed by atoms with Crippen molar-refractivity contribution in [2.24, 2.45) is 0 Å². The molecule has 0 saturated carbocycles. The topological polar surface area (TPSA) is 83.1 Å². The van der Waals surface area contributed by atoms with Crippen molar-refractivity contribution < 1.29 is 27.7 Å². The molecule has 1 amide bonds. The summed E-state index contributed by atoms with van der Waals surface area (Å²) in [7, 11) is -3.86. The molecule has 0 atom stereocenters. The fourth-order valence-corrected chi connectivity index (χ4v) is 2.71. The second-order valence-electron chi connectivity index (χ2n) is 5.96. The molecule has 0 aliphatic heterocycles. The number of carbonyl (C=O) groups is 1. The Labute approximate surface area is 120 Å². The molecule has 0 aromatic carbocycles. The molecule has 0 aromatic heterocycles. The number of amides is 1. The summed E-state index contributed by atoms with van der Waals surface area (Å²) >= 11 is 0. The van der Waals surface area contributed by atoms with Crippen molar-refractivity contribution in [3.8, 4) is 0 Å². The van der Waals surface area contributed by atoms with E-state index in [1.165, 1.54) is 0 Å². The second-order valence-corrected chi connectivity index (χ2v) is 7.48. The van der Waals surface area contributed by atoms with Gasteiger partial charge in [0.2, 0.25) is 6.79 Å². The molecule has 0 fully saturated rings. The number of hydrogen-bond acceptors (Lipinski definition) is 6. The minimum atomic E-state index is -3.86. The predicted molar refractivity (Wildman–Crippen MR) is 75.1 cm³/mol. The standard InChI is InChI=1S/C12H25NO6P/c1-8-13-10(14)16-9-17-20(15,18-11(2,3)4)19-12(5,6)7/h1,8-9H2,2-7H3,(H,13,14). The Morgan fingerprint density at radius 2 is 1.55 bits per heavy atom. The first kappa shape index (κ1) is 19.4. The van der Waals surface area contributed by atoms with E-state index in [-0.39, 0.29) is 6.54 Å². The van der Waals surface area contributed by atoms with Crippen LogP contribution in [0.1, 0.15) is 41.5 Å². The lowest BCUT2D eigenvalue weighted by Crippen LogP contribution is -2.27. The molecule has 0 spiro atoms. The molecule has 7 nitrogen and oxygen atoms in total. The minimum absolute atomic E-state index is 0.174. The van der Waals surface area contributed by atoms with E-state index < -0.39 is 31.9 Å². The zero-order valence-corrected chi connectivity index (χ0v) is 13.9. The third-order valence-electron chi connectivity index (χ3n) is 1.44. The first-order valence-electron chi connectivity index (χ1n) is 6.23. The first-order valence-corrected chi connectivity index (χ1v) is 7.69. The van der Waals surface area contributed by atoms with Gasteiger partial charge in [-0.2, -0.15) is 0 Å². The van der Waals surface area contributed by atoms with Crippen molar-refractivity contribution in [1.82, 2.24) is 5.32 Å². The Morgan fingerprint density at radius 1 is 1.10 bits per heavy atom. The quantitative estimate of drug-likeness (QED) is 0.599. The number of phosphoric acid groups is 1. The third kappa shape index (κ3) is 10.2. The van der Waals surface area contributed by atoms with Gasteiger partial charge in [0.1, 0.15) is 0 Å². The van der Waals surface area contributed by atoms with E-state index in [0.717, 1.165) is 0 Å². The molecule has 0 saturated heterocycles. The van der Waals surface area contributed by atoms with Gasteiger partial charge in [-0.25, -0.2) is 13.9 Å². The molecule has 0 aromatic rings. The Hall–Kier alpha value is -0.620. The van der Waals surface area contributed by atoms with Crippen LogP contribution in [0.4, 0.5) is 4.79 Å². The van der Waals surface area contributed by atoms with Crippen molar-refractivity contribution in [3.05, 3.63) is 6.92 Å². The second kappa shape index (κ2) is 7.41. The number of carbonyl (C=O) groups excluding carboxylic acids is 1. The van der Waals surface area contributed by atoms with E-state index in [0.29, 0.717) is 0 Å². The van der Waals surface area contributed by atoms with Gasteiger partial charge in [0.25, 0.3) is 0 Å². The molecule has 20 heavy (non-hydrogen) atoms. The van der Waals surface area contributed by atoms with E-state index in [4.69, 9.17) is 13.6 Å². The highest BCUT2D eigenvalue weighted by Gasteiger charge is 2.37. The van der Waals surface area contributed by atoms with Gasteiger partial charge in [-0.1, -0.05) is 0 Å². The van der Waals surface area contributed by atoms with Crippen LogP contribution >= 0.6 is 7.82 Å². The fourth-order valence-electron chi connectivity index (χ4n) is 1.04. The number of phosphoric ester groups is 1. The van der Waals surface area contributed by atoms with Gasteiger partial charge < -0.3 is 10.1 Å². The summed E-state index contributed by atoms with van der Waals surface area (Å²) in [4.78, 5) is 11.1. The molecule has 0 aliphatic carbocycles. The molecular weight excluding hydrogens is 285 g/mol. The van der Waals surface area contributed by atoms with E-state index in [2.05, 4.69) is 17.0 Å². The van der Waals surface area contributed by atoms with Crippen molar-refractivity contribution in [2.75, 3.05) is 13.3 Å². The van der Waals surface area contributed by atoms with E-state index in [1.807, 2.05) is 0 Å². The summed E-state index contributed by atoms with van der Waals surface area (Å²) in [6.45, 7) is 13.3. The van der Waals surface area contributed by atoms with Crippen LogP contribution in [-0.2, 0) is 22.9 Å². The molecule has 1 N–H and O–H groups in total. The van der Waals surface area contributed by atoms with Gasteiger partial charge in [0.15, 0.2) is 0 Å². The first-order chi connectivity index (χ1) is 8.87. The smallest absolute Gasteiger partial charge is 0.422 e. The molecule has 8 heteroatoms. The summed E-state index contributed by atoms with van der Waals surface area (Å²) in [6.07, 6.45) is -0.724. The van der Waals surface area contributed by atoms with Crippen LogP contribution in [0, 0.1) is 6.92 Å². The highest BCUT2D eigenvalue weighted by molar-refractivity contribution is 7.48. The Kier molecular flexibility index (Phi) is 7.18. The molecular formula is C12H25NO6P. The lowest BCUT2D eigenvalue weighted by Gasteiger charge is -2.30. The van der Waals surface area contributed by atoms with Crippen molar-refractivity contribution in [1.29, 1.82) is 0 Å². The number of ether oxygens (including phenoxy) is 1. The normalized spacial score (nSPS) is 13.2. The highest BCUT2D eigenvalue weighted by atomic mass is 31.2. The molecule has 0 unspecified atom stereocenters. The Balaban J connectivity index is 4.63. The average Bonchev–Trinajstić information content (AvgIpc) is 2.10. The SMILES string of the molecule is [CH2]CNC(=O)OCOP(=O)(OC(C)(C)C)OC(C)(C)C.